The number of hydroxylamine groups is 2. The van der Waals surface area contributed by atoms with Gasteiger partial charge in [0, 0.05) is 0 Å². The summed E-state index contributed by atoms with van der Waals surface area (Å²) >= 11 is 0. The van der Waals surface area contributed by atoms with Gasteiger partial charge in [-0.05, 0) is 12.8 Å². The van der Waals surface area contributed by atoms with Gasteiger partial charge >= 0.3 is 5.97 Å². The lowest BCUT2D eigenvalue weighted by atomic mass is 10.0. The van der Waals surface area contributed by atoms with E-state index in [0.29, 0.717) is 6.54 Å². The molecule has 2 atom stereocenters. The van der Waals surface area contributed by atoms with Crippen LogP contribution in [0.25, 0.3) is 0 Å². The van der Waals surface area contributed by atoms with E-state index >= 15 is 0 Å². The summed E-state index contributed by atoms with van der Waals surface area (Å²) in [5.41, 5.74) is 0. The Kier molecular flexibility index (Phi) is 1.18. The van der Waals surface area contributed by atoms with Crippen LogP contribution in [0.4, 0.5) is 0 Å². The van der Waals surface area contributed by atoms with E-state index in [1.807, 2.05) is 0 Å². The summed E-state index contributed by atoms with van der Waals surface area (Å²) in [7, 11) is 0. The van der Waals surface area contributed by atoms with Crippen molar-refractivity contribution in [2.75, 3.05) is 6.54 Å². The van der Waals surface area contributed by atoms with Gasteiger partial charge in [-0.3, -0.25) is 0 Å². The van der Waals surface area contributed by atoms with Crippen molar-refractivity contribution < 1.29 is 14.7 Å². The molecule has 4 nitrogen and oxygen atoms in total. The molecule has 2 aliphatic heterocycles. The van der Waals surface area contributed by atoms with Crippen LogP contribution in [0.5, 0.6) is 0 Å². The fraction of sp³-hybridized carbons (Fsp3) is 0.833. The summed E-state index contributed by atoms with van der Waals surface area (Å²) in [6, 6.07) is -0.0524. The van der Waals surface area contributed by atoms with Gasteiger partial charge in [-0.2, -0.15) is 0 Å². The number of carbonyl (C=O) groups is 1. The molecule has 2 heterocycles. The molecule has 2 fully saturated rings. The first-order valence-corrected chi connectivity index (χ1v) is 3.44. The lowest BCUT2D eigenvalue weighted by Gasteiger charge is -2.42. The summed E-state index contributed by atoms with van der Waals surface area (Å²) in [5, 5.41) is 10.6. The van der Waals surface area contributed by atoms with Gasteiger partial charge in [0.1, 0.15) is 6.04 Å². The van der Waals surface area contributed by atoms with Crippen molar-refractivity contribution in [1.29, 1.82) is 0 Å². The van der Waals surface area contributed by atoms with E-state index in [1.165, 1.54) is 0 Å². The number of fused-ring (bicyclic) bond motifs is 1. The lowest BCUT2D eigenvalue weighted by molar-refractivity contribution is -0.274. The van der Waals surface area contributed by atoms with Crippen LogP contribution in [-0.2, 0) is 9.63 Å². The molecule has 2 saturated heterocycles. The van der Waals surface area contributed by atoms with Gasteiger partial charge in [-0.25, -0.2) is 4.79 Å². The van der Waals surface area contributed by atoms with Crippen molar-refractivity contribution in [3.63, 3.8) is 0 Å². The summed E-state index contributed by atoms with van der Waals surface area (Å²) < 4.78 is 0. The molecule has 4 heteroatoms. The summed E-state index contributed by atoms with van der Waals surface area (Å²) in [5.74, 6) is -0.146. The molecule has 0 spiro atoms. The smallest absolute Gasteiger partial charge is 0.345 e. The van der Waals surface area contributed by atoms with Crippen LogP contribution < -0.4 is 0 Å². The van der Waals surface area contributed by atoms with Crippen molar-refractivity contribution in [2.24, 2.45) is 0 Å². The zero-order valence-electron chi connectivity index (χ0n) is 5.49. The zero-order valence-corrected chi connectivity index (χ0v) is 5.49. The molecule has 0 aromatic heterocycles. The molecule has 56 valence electrons. The third-order valence-corrected chi connectivity index (χ3v) is 1.99. The molecule has 1 N–H and O–H groups in total. The molecule has 0 aliphatic carbocycles. The lowest BCUT2D eigenvalue weighted by Crippen LogP contribution is -2.59. The van der Waals surface area contributed by atoms with Gasteiger partial charge in [-0.1, -0.05) is 0 Å². The Balaban J connectivity index is 1.99. The summed E-state index contributed by atoms with van der Waals surface area (Å²) in [6.45, 7) is 0.483. The minimum atomic E-state index is -0.315. The molecular weight excluding hydrogens is 134 g/mol. The number of nitrogens with zero attached hydrogens (tertiary/aromatic N) is 1. The number of carbonyl (C=O) groups excluding carboxylic acids is 1. The van der Waals surface area contributed by atoms with Crippen LogP contribution >= 0.6 is 0 Å². The van der Waals surface area contributed by atoms with Gasteiger partial charge in [0.25, 0.3) is 0 Å². The average Bonchev–Trinajstić information content (AvgIpc) is 1.86. The van der Waals surface area contributed by atoms with E-state index in [4.69, 9.17) is 5.11 Å². The van der Waals surface area contributed by atoms with Crippen LogP contribution in [0.1, 0.15) is 12.8 Å². The first-order valence-electron chi connectivity index (χ1n) is 3.44. The van der Waals surface area contributed by atoms with Crippen molar-refractivity contribution in [1.82, 2.24) is 5.06 Å². The second-order valence-electron chi connectivity index (χ2n) is 2.76. The van der Waals surface area contributed by atoms with Crippen molar-refractivity contribution in [3.05, 3.63) is 0 Å². The SMILES string of the molecule is O=C1ON2CC(O)CCC12. The maximum atomic E-state index is 10.6. The molecule has 0 amide bonds. The van der Waals surface area contributed by atoms with E-state index in [2.05, 4.69) is 4.84 Å². The standard InChI is InChI=1S/C6H9NO3/c8-4-1-2-5-6(9)10-7(5)3-4/h4-5,8H,1-3H2. The Bertz CT molecular complexity index is 170. The van der Waals surface area contributed by atoms with Crippen molar-refractivity contribution in [2.45, 2.75) is 25.0 Å². The molecule has 0 aromatic rings. The van der Waals surface area contributed by atoms with E-state index in [9.17, 15) is 4.79 Å². The third kappa shape index (κ3) is 0.726. The Morgan fingerprint density at radius 1 is 1.60 bits per heavy atom. The Morgan fingerprint density at radius 3 is 3.00 bits per heavy atom. The first-order chi connectivity index (χ1) is 4.77. The highest BCUT2D eigenvalue weighted by Gasteiger charge is 2.44. The average molecular weight is 143 g/mol. The van der Waals surface area contributed by atoms with Gasteiger partial charge in [0.2, 0.25) is 0 Å². The minimum absolute atomic E-state index is 0.0524. The van der Waals surface area contributed by atoms with E-state index in [1.54, 1.807) is 5.06 Å². The quantitative estimate of drug-likeness (QED) is 0.486. The van der Waals surface area contributed by atoms with E-state index < -0.39 is 0 Å². The normalized spacial score (nSPS) is 39.9. The van der Waals surface area contributed by atoms with Gasteiger partial charge in [-0.15, -0.1) is 5.06 Å². The highest BCUT2D eigenvalue weighted by Crippen LogP contribution is 2.25. The molecule has 0 saturated carbocycles. The molecule has 10 heavy (non-hydrogen) atoms. The summed E-state index contributed by atoms with van der Waals surface area (Å²) in [4.78, 5) is 15.3. The Labute approximate surface area is 58.3 Å². The van der Waals surface area contributed by atoms with Crippen LogP contribution in [-0.4, -0.2) is 34.8 Å². The number of rotatable bonds is 0. The van der Waals surface area contributed by atoms with Crippen LogP contribution in [0.15, 0.2) is 0 Å². The third-order valence-electron chi connectivity index (χ3n) is 1.99. The monoisotopic (exact) mass is 143 g/mol. The molecule has 0 aromatic carbocycles. The summed E-state index contributed by atoms with van der Waals surface area (Å²) in [6.07, 6.45) is 1.14. The predicted molar refractivity (Wildman–Crippen MR) is 31.8 cm³/mol. The second-order valence-corrected chi connectivity index (χ2v) is 2.76. The topological polar surface area (TPSA) is 49.8 Å². The van der Waals surface area contributed by atoms with E-state index in [-0.39, 0.29) is 18.1 Å². The number of piperidine rings is 1. The second kappa shape index (κ2) is 1.93. The Hall–Kier alpha value is -0.610. The molecule has 2 aliphatic rings. The highest BCUT2D eigenvalue weighted by atomic mass is 16.8. The first kappa shape index (κ1) is 6.12. The maximum Gasteiger partial charge on any atom is 0.345 e. The van der Waals surface area contributed by atoms with Crippen LogP contribution in [0, 0.1) is 0 Å². The molecule has 0 bridgehead atoms. The van der Waals surface area contributed by atoms with Crippen molar-refractivity contribution in [3.8, 4) is 0 Å². The minimum Gasteiger partial charge on any atom is -0.392 e. The number of aliphatic hydroxyl groups is 1. The van der Waals surface area contributed by atoms with Gasteiger partial charge in [0.15, 0.2) is 0 Å². The highest BCUT2D eigenvalue weighted by molar-refractivity contribution is 5.79. The fourth-order valence-electron chi connectivity index (χ4n) is 1.38. The van der Waals surface area contributed by atoms with E-state index in [0.717, 1.165) is 12.8 Å². The molecule has 2 rings (SSSR count). The molecule has 0 radical (unpaired) electrons. The number of hydrogen-bond acceptors (Lipinski definition) is 4. The predicted octanol–water partition coefficient (Wildman–Crippen LogP) is -0.717. The number of hydrogen-bond donors (Lipinski definition) is 1. The van der Waals surface area contributed by atoms with Gasteiger partial charge in [0.05, 0.1) is 12.6 Å². The van der Waals surface area contributed by atoms with Gasteiger partial charge < -0.3 is 9.94 Å². The molecular formula is C6H9NO3. The zero-order chi connectivity index (χ0) is 7.14. The number of aliphatic hydroxyl groups excluding tert-OH is 1. The van der Waals surface area contributed by atoms with Crippen molar-refractivity contribution >= 4 is 5.97 Å². The fourth-order valence-corrected chi connectivity index (χ4v) is 1.38. The molecule has 2 unspecified atom stereocenters. The van der Waals surface area contributed by atoms with Crippen LogP contribution in [0.2, 0.25) is 0 Å². The largest absolute Gasteiger partial charge is 0.392 e. The Morgan fingerprint density at radius 2 is 2.40 bits per heavy atom. The van der Waals surface area contributed by atoms with Crippen LogP contribution in [0.3, 0.4) is 0 Å². The maximum absolute atomic E-state index is 10.6.